The lowest BCUT2D eigenvalue weighted by Crippen LogP contribution is -2.17. The van der Waals surface area contributed by atoms with E-state index in [1.54, 1.807) is 6.20 Å². The first-order valence-electron chi connectivity index (χ1n) is 6.74. The maximum atomic E-state index is 11.8. The zero-order chi connectivity index (χ0) is 14.9. The molecule has 1 aromatic heterocycles. The van der Waals surface area contributed by atoms with Crippen LogP contribution in [0.2, 0.25) is 0 Å². The van der Waals surface area contributed by atoms with Crippen LogP contribution in [0.4, 0.5) is 0 Å². The Kier molecular flexibility index (Phi) is 3.89. The van der Waals surface area contributed by atoms with Crippen molar-refractivity contribution in [1.29, 1.82) is 0 Å². The molecule has 0 radical (unpaired) electrons. The molecule has 2 rings (SSSR count). The topological polar surface area (TPSA) is 39.1 Å². The molecule has 0 aliphatic rings. The van der Waals surface area contributed by atoms with E-state index in [0.29, 0.717) is 5.92 Å². The van der Waals surface area contributed by atoms with E-state index in [-0.39, 0.29) is 16.8 Å². The lowest BCUT2D eigenvalue weighted by molar-refractivity contribution is 0.101. The highest BCUT2D eigenvalue weighted by atomic mass is 16.1. The molecule has 0 saturated carbocycles. The van der Waals surface area contributed by atoms with E-state index in [9.17, 15) is 9.59 Å². The molecule has 0 bridgehead atoms. The molecule has 0 unspecified atom stereocenters. The third kappa shape index (κ3) is 2.72. The minimum atomic E-state index is -0.218. The Bertz CT molecular complexity index is 694. The summed E-state index contributed by atoms with van der Waals surface area (Å²) in [6.07, 6.45) is 1.63. The van der Waals surface area contributed by atoms with E-state index in [1.807, 2.05) is 23.6 Å². The number of Topliss-reactive ketones (excluding diaryl/α,β-unsaturated/α-hetero) is 1. The van der Waals surface area contributed by atoms with Crippen LogP contribution in [-0.4, -0.2) is 10.4 Å². The molecule has 104 valence electrons. The molecule has 0 saturated heterocycles. The van der Waals surface area contributed by atoms with Crippen molar-refractivity contribution >= 4 is 5.78 Å². The van der Waals surface area contributed by atoms with Gasteiger partial charge in [-0.2, -0.15) is 0 Å². The van der Waals surface area contributed by atoms with Crippen molar-refractivity contribution in [3.63, 3.8) is 0 Å². The van der Waals surface area contributed by atoms with Crippen LogP contribution in [0, 0.1) is 6.92 Å². The molecule has 1 aromatic carbocycles. The fraction of sp³-hybridized carbons (Fsp3) is 0.294. The third-order valence-electron chi connectivity index (χ3n) is 3.46. The van der Waals surface area contributed by atoms with Crippen molar-refractivity contribution in [1.82, 2.24) is 4.57 Å². The second-order valence-electron chi connectivity index (χ2n) is 5.37. The van der Waals surface area contributed by atoms with E-state index in [1.165, 1.54) is 18.6 Å². The molecule has 1 heterocycles. The van der Waals surface area contributed by atoms with Crippen LogP contribution in [0.15, 0.2) is 41.3 Å². The van der Waals surface area contributed by atoms with E-state index in [0.717, 1.165) is 11.4 Å². The second kappa shape index (κ2) is 5.45. The van der Waals surface area contributed by atoms with Gasteiger partial charge in [0.1, 0.15) is 0 Å². The zero-order valence-electron chi connectivity index (χ0n) is 12.3. The van der Waals surface area contributed by atoms with Crippen molar-refractivity contribution in [3.8, 4) is 5.69 Å². The van der Waals surface area contributed by atoms with Crippen LogP contribution in [0.1, 0.15) is 48.3 Å². The average molecular weight is 269 g/mol. The van der Waals surface area contributed by atoms with Gasteiger partial charge >= 0.3 is 0 Å². The summed E-state index contributed by atoms with van der Waals surface area (Å²) in [6, 6.07) is 9.68. The molecule has 2 aromatic rings. The largest absolute Gasteiger partial charge is 0.320 e. The Labute approximate surface area is 118 Å². The van der Waals surface area contributed by atoms with Crippen LogP contribution in [0.25, 0.3) is 5.69 Å². The third-order valence-corrected chi connectivity index (χ3v) is 3.46. The number of aromatic nitrogens is 1. The van der Waals surface area contributed by atoms with Crippen LogP contribution >= 0.6 is 0 Å². The van der Waals surface area contributed by atoms with E-state index in [2.05, 4.69) is 26.0 Å². The number of benzene rings is 1. The van der Waals surface area contributed by atoms with E-state index >= 15 is 0 Å². The minimum absolute atomic E-state index is 0.206. The van der Waals surface area contributed by atoms with Crippen LogP contribution in [0.3, 0.4) is 0 Å². The number of aryl methyl sites for hydroxylation is 1. The van der Waals surface area contributed by atoms with E-state index < -0.39 is 0 Å². The summed E-state index contributed by atoms with van der Waals surface area (Å²) >= 11 is 0. The quantitative estimate of drug-likeness (QED) is 0.800. The molecular weight excluding hydrogens is 250 g/mol. The first-order chi connectivity index (χ1) is 9.40. The number of carbonyl (C=O) groups excluding carboxylic acids is 1. The zero-order valence-corrected chi connectivity index (χ0v) is 12.3. The summed E-state index contributed by atoms with van der Waals surface area (Å²) in [5.41, 5.74) is 3.04. The highest BCUT2D eigenvalue weighted by Crippen LogP contribution is 2.18. The summed E-state index contributed by atoms with van der Waals surface area (Å²) in [5.74, 6) is 0.273. The van der Waals surface area contributed by atoms with E-state index in [4.69, 9.17) is 0 Å². The number of nitrogens with zero attached hydrogens (tertiary/aromatic N) is 1. The Balaban J connectivity index is 2.54. The molecule has 3 nitrogen and oxygen atoms in total. The van der Waals surface area contributed by atoms with Crippen molar-refractivity contribution < 1.29 is 4.79 Å². The number of carbonyl (C=O) groups is 1. The predicted molar refractivity (Wildman–Crippen MR) is 80.9 cm³/mol. The Morgan fingerprint density at radius 3 is 2.25 bits per heavy atom. The van der Waals surface area contributed by atoms with Crippen molar-refractivity contribution in [3.05, 3.63) is 63.6 Å². The van der Waals surface area contributed by atoms with Gasteiger partial charge < -0.3 is 4.57 Å². The number of hydrogen-bond donors (Lipinski definition) is 0. The first-order valence-corrected chi connectivity index (χ1v) is 6.74. The van der Waals surface area contributed by atoms with Gasteiger partial charge in [-0.1, -0.05) is 26.0 Å². The molecule has 0 amide bonds. The fourth-order valence-corrected chi connectivity index (χ4v) is 2.19. The van der Waals surface area contributed by atoms with Crippen molar-refractivity contribution in [2.24, 2.45) is 0 Å². The summed E-state index contributed by atoms with van der Waals surface area (Å²) in [5, 5.41) is 0. The fourth-order valence-electron chi connectivity index (χ4n) is 2.19. The molecule has 0 fully saturated rings. The highest BCUT2D eigenvalue weighted by Gasteiger charge is 2.09. The number of ketones is 1. The molecule has 0 aliphatic carbocycles. The van der Waals surface area contributed by atoms with Crippen LogP contribution in [0.5, 0.6) is 0 Å². The highest BCUT2D eigenvalue weighted by molar-refractivity contribution is 5.93. The Hall–Kier alpha value is -2.16. The van der Waals surface area contributed by atoms with Gasteiger partial charge in [-0.25, -0.2) is 0 Å². The predicted octanol–water partition coefficient (Wildman–Crippen LogP) is 3.47. The van der Waals surface area contributed by atoms with Gasteiger partial charge in [0.05, 0.1) is 5.56 Å². The van der Waals surface area contributed by atoms with Crippen LogP contribution in [-0.2, 0) is 0 Å². The smallest absolute Gasteiger partial charge is 0.192 e. The first kappa shape index (κ1) is 14.3. The molecule has 0 atom stereocenters. The average Bonchev–Trinajstić information content (AvgIpc) is 2.38. The molecule has 0 N–H and O–H groups in total. The van der Waals surface area contributed by atoms with Gasteiger partial charge in [-0.3, -0.25) is 9.59 Å². The van der Waals surface area contributed by atoms with Gasteiger partial charge in [0.25, 0.3) is 0 Å². The summed E-state index contributed by atoms with van der Waals surface area (Å²) in [4.78, 5) is 23.3. The van der Waals surface area contributed by atoms with Crippen molar-refractivity contribution in [2.45, 2.75) is 33.6 Å². The number of rotatable bonds is 3. The van der Waals surface area contributed by atoms with Gasteiger partial charge in [-0.15, -0.1) is 0 Å². The Morgan fingerprint density at radius 1 is 1.15 bits per heavy atom. The molecule has 3 heteroatoms. The van der Waals surface area contributed by atoms with Crippen molar-refractivity contribution in [2.75, 3.05) is 0 Å². The van der Waals surface area contributed by atoms with Crippen LogP contribution < -0.4 is 5.43 Å². The molecule has 0 spiro atoms. The second-order valence-corrected chi connectivity index (χ2v) is 5.37. The summed E-state index contributed by atoms with van der Waals surface area (Å²) < 4.78 is 1.88. The molecule has 20 heavy (non-hydrogen) atoms. The minimum Gasteiger partial charge on any atom is -0.320 e. The molecular formula is C17H19NO2. The lowest BCUT2D eigenvalue weighted by atomic mass is 10.0. The van der Waals surface area contributed by atoms with Gasteiger partial charge in [-0.05, 0) is 37.5 Å². The number of pyridine rings is 1. The molecule has 0 aliphatic heterocycles. The SMILES string of the molecule is CC(=O)c1cn(-c2ccc(C(C)C)cc2)c(C)cc1=O. The van der Waals surface area contributed by atoms with Gasteiger partial charge in [0.15, 0.2) is 11.2 Å². The lowest BCUT2D eigenvalue weighted by Gasteiger charge is -2.13. The Morgan fingerprint density at radius 2 is 1.75 bits per heavy atom. The summed E-state index contributed by atoms with van der Waals surface area (Å²) in [7, 11) is 0. The van der Waals surface area contributed by atoms with Gasteiger partial charge in [0, 0.05) is 23.6 Å². The van der Waals surface area contributed by atoms with Gasteiger partial charge in [0.2, 0.25) is 0 Å². The normalized spacial score (nSPS) is 10.8. The monoisotopic (exact) mass is 269 g/mol. The summed E-state index contributed by atoms with van der Waals surface area (Å²) in [6.45, 7) is 7.57. The maximum absolute atomic E-state index is 11.8. The number of hydrogen-bond acceptors (Lipinski definition) is 2. The maximum Gasteiger partial charge on any atom is 0.192 e. The standard InChI is InChI=1S/C17H19NO2/c1-11(2)14-5-7-15(8-6-14)18-10-16(13(4)19)17(20)9-12(18)3/h5-11H,1-4H3.